The predicted molar refractivity (Wildman–Crippen MR) is 49.0 cm³/mol. The van der Waals surface area contributed by atoms with Gasteiger partial charge in [0.15, 0.2) is 0 Å². The second-order valence-corrected chi connectivity index (χ2v) is 5.47. The molecule has 0 aromatic carbocycles. The van der Waals surface area contributed by atoms with E-state index in [0.29, 0.717) is 15.4 Å². The van der Waals surface area contributed by atoms with E-state index in [4.69, 9.17) is 0 Å². The molecule has 60 valence electrons. The molecule has 3 rings (SSSR count). The number of fused-ring (bicyclic) bond motifs is 4. The SMILES string of the molecule is C1=CN2CC1=CC1=CC=[N+](C1)[Se]2. The molecule has 0 radical (unpaired) electrons. The van der Waals surface area contributed by atoms with Crippen LogP contribution in [0.1, 0.15) is 0 Å². The third kappa shape index (κ3) is 0.977. The van der Waals surface area contributed by atoms with Crippen LogP contribution in [0.3, 0.4) is 0 Å². The maximum absolute atomic E-state index is 2.39. The third-order valence-corrected chi connectivity index (χ3v) is 4.10. The second kappa shape index (κ2) is 2.35. The van der Waals surface area contributed by atoms with Crippen molar-refractivity contribution in [1.82, 2.24) is 3.92 Å². The Kier molecular flexibility index (Phi) is 1.31. The Balaban J connectivity index is 2.07. The van der Waals surface area contributed by atoms with Crippen molar-refractivity contribution < 1.29 is 3.59 Å². The molecule has 2 nitrogen and oxygen atoms in total. The zero-order valence-corrected chi connectivity index (χ0v) is 8.32. The number of nitrogens with zero attached hydrogens (tertiary/aromatic N) is 2. The van der Waals surface area contributed by atoms with Crippen molar-refractivity contribution in [2.24, 2.45) is 0 Å². The fourth-order valence-electron chi connectivity index (χ4n) is 1.60. The van der Waals surface area contributed by atoms with Crippen molar-refractivity contribution in [3.8, 4) is 0 Å². The van der Waals surface area contributed by atoms with E-state index in [-0.39, 0.29) is 0 Å². The van der Waals surface area contributed by atoms with Crippen molar-refractivity contribution in [3.63, 3.8) is 0 Å². The fraction of sp³-hybridized carbons (Fsp3) is 0.222. The van der Waals surface area contributed by atoms with E-state index in [1.165, 1.54) is 11.1 Å². The van der Waals surface area contributed by atoms with E-state index < -0.39 is 0 Å². The van der Waals surface area contributed by atoms with Gasteiger partial charge in [-0.2, -0.15) is 0 Å². The van der Waals surface area contributed by atoms with Gasteiger partial charge in [-0.15, -0.1) is 0 Å². The van der Waals surface area contributed by atoms with E-state index in [2.05, 4.69) is 38.2 Å². The number of allylic oxidation sites excluding steroid dienone is 1. The molecular formula is C9H9N2Se+. The van der Waals surface area contributed by atoms with Crippen molar-refractivity contribution in [2.75, 3.05) is 13.1 Å². The van der Waals surface area contributed by atoms with Gasteiger partial charge in [-0.25, -0.2) is 0 Å². The van der Waals surface area contributed by atoms with Gasteiger partial charge >= 0.3 is 77.8 Å². The Morgan fingerprint density at radius 2 is 2.42 bits per heavy atom. The molecule has 4 bridgehead atoms. The van der Waals surface area contributed by atoms with Gasteiger partial charge in [0.2, 0.25) is 0 Å². The van der Waals surface area contributed by atoms with E-state index in [9.17, 15) is 0 Å². The molecule has 12 heavy (non-hydrogen) atoms. The predicted octanol–water partition coefficient (Wildman–Crippen LogP) is 0.313. The molecule has 0 saturated heterocycles. The molecule has 0 atom stereocenters. The molecule has 0 fully saturated rings. The summed E-state index contributed by atoms with van der Waals surface area (Å²) in [7, 11) is 0. The standard InChI is InChI=1S/C9H9N2Se/c1-3-10-6-8(1)5-9-2-4-11(7-9)12-10/h1-5H,6-7H2/q+1. The Morgan fingerprint density at radius 3 is 3.42 bits per heavy atom. The van der Waals surface area contributed by atoms with E-state index in [1.807, 2.05) is 0 Å². The molecule has 0 aromatic rings. The molecule has 0 aromatic heterocycles. The van der Waals surface area contributed by atoms with Crippen LogP contribution in [0.5, 0.6) is 0 Å². The Hall–Kier alpha value is -0.791. The van der Waals surface area contributed by atoms with Crippen LogP contribution in [0.4, 0.5) is 0 Å². The first kappa shape index (κ1) is 6.70. The summed E-state index contributed by atoms with van der Waals surface area (Å²) in [4.78, 5) is 0. The summed E-state index contributed by atoms with van der Waals surface area (Å²) < 4.78 is 4.79. The van der Waals surface area contributed by atoms with Gasteiger partial charge in [-0.05, 0) is 0 Å². The minimum absolute atomic E-state index is 0.477. The maximum atomic E-state index is 2.39. The van der Waals surface area contributed by atoms with Gasteiger partial charge < -0.3 is 0 Å². The van der Waals surface area contributed by atoms with Crippen LogP contribution in [0.2, 0.25) is 0 Å². The number of hydrogen-bond donors (Lipinski definition) is 0. The molecule has 0 unspecified atom stereocenters. The van der Waals surface area contributed by atoms with Crippen LogP contribution in [-0.2, 0) is 0 Å². The average Bonchev–Trinajstić information content (AvgIpc) is 2.61. The summed E-state index contributed by atoms with van der Waals surface area (Å²) in [6, 6.07) is 0. The molecule has 0 saturated carbocycles. The molecule has 3 heterocycles. The van der Waals surface area contributed by atoms with Gasteiger partial charge in [0.1, 0.15) is 0 Å². The quantitative estimate of drug-likeness (QED) is 0.537. The third-order valence-electron chi connectivity index (χ3n) is 2.17. The van der Waals surface area contributed by atoms with Crippen LogP contribution >= 0.6 is 0 Å². The average molecular weight is 224 g/mol. The van der Waals surface area contributed by atoms with Crippen molar-refractivity contribution in [3.05, 3.63) is 35.6 Å². The van der Waals surface area contributed by atoms with Crippen molar-refractivity contribution >= 4 is 21.6 Å². The summed E-state index contributed by atoms with van der Waals surface area (Å²) in [5.74, 6) is 0. The first-order valence-corrected chi connectivity index (χ1v) is 5.57. The molecule has 3 aliphatic rings. The molecule has 3 heteroatoms. The number of hydrogen-bond acceptors (Lipinski definition) is 1. The van der Waals surface area contributed by atoms with E-state index in [0.717, 1.165) is 13.1 Å². The van der Waals surface area contributed by atoms with Crippen LogP contribution in [-0.4, -0.2) is 42.2 Å². The molecule has 3 aliphatic heterocycles. The number of rotatable bonds is 0. The molecule has 0 spiro atoms. The monoisotopic (exact) mass is 225 g/mol. The zero-order chi connectivity index (χ0) is 7.97. The summed E-state index contributed by atoms with van der Waals surface area (Å²) in [6.07, 6.45) is 11.2. The van der Waals surface area contributed by atoms with Crippen LogP contribution < -0.4 is 0 Å². The van der Waals surface area contributed by atoms with Crippen molar-refractivity contribution in [2.45, 2.75) is 0 Å². The normalized spacial score (nSPS) is 24.7. The Morgan fingerprint density at radius 1 is 1.42 bits per heavy atom. The van der Waals surface area contributed by atoms with Gasteiger partial charge in [-0.1, -0.05) is 0 Å². The zero-order valence-electron chi connectivity index (χ0n) is 6.60. The van der Waals surface area contributed by atoms with Crippen LogP contribution in [0.15, 0.2) is 35.6 Å². The Labute approximate surface area is 78.1 Å². The van der Waals surface area contributed by atoms with Crippen molar-refractivity contribution in [1.29, 1.82) is 0 Å². The second-order valence-electron chi connectivity index (χ2n) is 3.16. The van der Waals surface area contributed by atoms with E-state index >= 15 is 0 Å². The van der Waals surface area contributed by atoms with Crippen LogP contribution in [0, 0.1) is 0 Å². The van der Waals surface area contributed by atoms with E-state index in [1.54, 1.807) is 0 Å². The first-order valence-electron chi connectivity index (χ1n) is 4.04. The van der Waals surface area contributed by atoms with Gasteiger partial charge in [-0.3, -0.25) is 0 Å². The molecular weight excluding hydrogens is 215 g/mol. The fourth-order valence-corrected chi connectivity index (χ4v) is 3.52. The topological polar surface area (TPSA) is 6.25 Å². The summed E-state index contributed by atoms with van der Waals surface area (Å²) in [6.45, 7) is 2.23. The summed E-state index contributed by atoms with van der Waals surface area (Å²) in [5.41, 5.74) is 2.91. The van der Waals surface area contributed by atoms with Gasteiger partial charge in [0.05, 0.1) is 0 Å². The summed E-state index contributed by atoms with van der Waals surface area (Å²) in [5, 5.41) is 0. The molecule has 0 N–H and O–H groups in total. The van der Waals surface area contributed by atoms with Crippen LogP contribution in [0.25, 0.3) is 0 Å². The van der Waals surface area contributed by atoms with Gasteiger partial charge in [0, 0.05) is 0 Å². The molecule has 0 amide bonds. The molecule has 0 aliphatic carbocycles. The Bertz CT molecular complexity index is 350. The first-order chi connectivity index (χ1) is 5.90. The van der Waals surface area contributed by atoms with Gasteiger partial charge in [0.25, 0.3) is 0 Å². The minimum atomic E-state index is 0.477. The summed E-state index contributed by atoms with van der Waals surface area (Å²) >= 11 is 0.477.